The number of benzene rings is 3. The molecule has 0 radical (unpaired) electrons. The number of anilines is 2. The van der Waals surface area contributed by atoms with Crippen LogP contribution in [0, 0.1) is 0 Å². The Labute approximate surface area is 218 Å². The van der Waals surface area contributed by atoms with Crippen molar-refractivity contribution in [3.63, 3.8) is 0 Å². The highest BCUT2D eigenvalue weighted by atomic mass is 35.5. The number of esters is 1. The highest BCUT2D eigenvalue weighted by molar-refractivity contribution is 7.99. The standard InChI is InChI=1S/C26H25ClN2O6S/c1-33-19-7-12-22(23(15-19)34-2)29-25(31)16-35-26(32)14-13-24(30)28-18-5-10-21(11-6-18)36-20-8-3-17(27)4-9-20/h3-12,15H,13-14,16H2,1-2H3,(H,28,30)(H,29,31). The summed E-state index contributed by atoms with van der Waals surface area (Å²) in [6, 6.07) is 19.8. The molecule has 8 nitrogen and oxygen atoms in total. The Morgan fingerprint density at radius 2 is 1.47 bits per heavy atom. The van der Waals surface area contributed by atoms with E-state index in [1.165, 1.54) is 14.2 Å². The fourth-order valence-corrected chi connectivity index (χ4v) is 3.93. The van der Waals surface area contributed by atoms with Crippen LogP contribution in [0.25, 0.3) is 0 Å². The highest BCUT2D eigenvalue weighted by Gasteiger charge is 2.13. The monoisotopic (exact) mass is 528 g/mol. The van der Waals surface area contributed by atoms with Crippen molar-refractivity contribution in [3.05, 3.63) is 71.8 Å². The Bertz CT molecular complexity index is 1200. The van der Waals surface area contributed by atoms with Gasteiger partial charge < -0.3 is 24.8 Å². The van der Waals surface area contributed by atoms with Gasteiger partial charge >= 0.3 is 5.97 Å². The van der Waals surface area contributed by atoms with Gasteiger partial charge in [0.25, 0.3) is 5.91 Å². The van der Waals surface area contributed by atoms with Gasteiger partial charge in [0, 0.05) is 33.0 Å². The quantitative estimate of drug-likeness (QED) is 0.321. The van der Waals surface area contributed by atoms with Crippen LogP contribution in [0.4, 0.5) is 11.4 Å². The summed E-state index contributed by atoms with van der Waals surface area (Å²) in [7, 11) is 2.98. The van der Waals surface area contributed by atoms with Gasteiger partial charge in [-0.2, -0.15) is 0 Å². The fourth-order valence-electron chi connectivity index (χ4n) is 2.99. The van der Waals surface area contributed by atoms with Gasteiger partial charge in [0.05, 0.1) is 26.3 Å². The fraction of sp³-hybridized carbons (Fsp3) is 0.192. The van der Waals surface area contributed by atoms with Crippen LogP contribution >= 0.6 is 23.4 Å². The molecule has 0 saturated carbocycles. The largest absolute Gasteiger partial charge is 0.497 e. The van der Waals surface area contributed by atoms with Crippen LogP contribution in [0.3, 0.4) is 0 Å². The highest BCUT2D eigenvalue weighted by Crippen LogP contribution is 2.30. The average Bonchev–Trinajstić information content (AvgIpc) is 2.89. The van der Waals surface area contributed by atoms with Crippen molar-refractivity contribution in [3.8, 4) is 11.5 Å². The summed E-state index contributed by atoms with van der Waals surface area (Å²) in [5.74, 6) is -0.549. The first-order valence-corrected chi connectivity index (χ1v) is 12.1. The molecule has 0 saturated heterocycles. The average molecular weight is 529 g/mol. The van der Waals surface area contributed by atoms with Crippen molar-refractivity contribution in [1.29, 1.82) is 0 Å². The molecule has 0 unspecified atom stereocenters. The van der Waals surface area contributed by atoms with Crippen molar-refractivity contribution in [2.24, 2.45) is 0 Å². The molecule has 0 fully saturated rings. The summed E-state index contributed by atoms with van der Waals surface area (Å²) < 4.78 is 15.3. The minimum absolute atomic E-state index is 0.0754. The van der Waals surface area contributed by atoms with Gasteiger partial charge in [0.15, 0.2) is 6.61 Å². The van der Waals surface area contributed by atoms with Gasteiger partial charge in [0.2, 0.25) is 5.91 Å². The molecule has 188 valence electrons. The molecule has 0 aliphatic carbocycles. The minimum atomic E-state index is -0.656. The van der Waals surface area contributed by atoms with Gasteiger partial charge in [0.1, 0.15) is 11.5 Å². The normalized spacial score (nSPS) is 10.3. The summed E-state index contributed by atoms with van der Waals surface area (Å²) >= 11 is 7.48. The Morgan fingerprint density at radius 1 is 0.806 bits per heavy atom. The first kappa shape index (κ1) is 26.9. The van der Waals surface area contributed by atoms with E-state index < -0.39 is 18.5 Å². The van der Waals surface area contributed by atoms with Crippen molar-refractivity contribution >= 4 is 52.5 Å². The van der Waals surface area contributed by atoms with Crippen molar-refractivity contribution in [1.82, 2.24) is 0 Å². The SMILES string of the molecule is COc1ccc(NC(=O)COC(=O)CCC(=O)Nc2ccc(Sc3ccc(Cl)cc3)cc2)c(OC)c1. The van der Waals surface area contributed by atoms with E-state index in [1.54, 1.807) is 42.1 Å². The Hall–Kier alpha value is -3.69. The van der Waals surface area contributed by atoms with E-state index in [0.717, 1.165) is 9.79 Å². The lowest BCUT2D eigenvalue weighted by Gasteiger charge is -2.12. The third-order valence-corrected chi connectivity index (χ3v) is 6.06. The van der Waals surface area contributed by atoms with Gasteiger partial charge in [-0.15, -0.1) is 0 Å². The minimum Gasteiger partial charge on any atom is -0.497 e. The van der Waals surface area contributed by atoms with E-state index >= 15 is 0 Å². The summed E-state index contributed by atoms with van der Waals surface area (Å²) in [6.07, 6.45) is -0.233. The molecule has 2 amide bonds. The van der Waals surface area contributed by atoms with E-state index in [1.807, 2.05) is 36.4 Å². The number of ether oxygens (including phenoxy) is 3. The zero-order valence-electron chi connectivity index (χ0n) is 19.7. The predicted molar refractivity (Wildman–Crippen MR) is 139 cm³/mol. The number of halogens is 1. The van der Waals surface area contributed by atoms with E-state index in [0.29, 0.717) is 27.9 Å². The molecule has 2 N–H and O–H groups in total. The second kappa shape index (κ2) is 13.4. The zero-order chi connectivity index (χ0) is 25.9. The lowest BCUT2D eigenvalue weighted by atomic mass is 10.2. The van der Waals surface area contributed by atoms with E-state index in [-0.39, 0.29) is 18.7 Å². The second-order valence-electron chi connectivity index (χ2n) is 7.40. The van der Waals surface area contributed by atoms with Crippen LogP contribution in [-0.4, -0.2) is 38.6 Å². The Balaban J connectivity index is 1.38. The number of hydrogen-bond donors (Lipinski definition) is 2. The molecule has 3 aromatic carbocycles. The molecule has 0 bridgehead atoms. The molecule has 0 aliphatic rings. The van der Waals surface area contributed by atoms with E-state index in [9.17, 15) is 14.4 Å². The summed E-state index contributed by atoms with van der Waals surface area (Å²) in [5.41, 5.74) is 1.03. The molecule has 0 aliphatic heterocycles. The van der Waals surface area contributed by atoms with Crippen LogP contribution in [0.15, 0.2) is 76.5 Å². The van der Waals surface area contributed by atoms with Gasteiger partial charge in [-0.3, -0.25) is 14.4 Å². The maximum atomic E-state index is 12.2. The number of amides is 2. The first-order valence-electron chi connectivity index (χ1n) is 10.9. The molecule has 3 rings (SSSR count). The van der Waals surface area contributed by atoms with Crippen LogP contribution < -0.4 is 20.1 Å². The van der Waals surface area contributed by atoms with Crippen LogP contribution in [-0.2, 0) is 19.1 Å². The maximum absolute atomic E-state index is 12.2. The summed E-state index contributed by atoms with van der Waals surface area (Å²) in [6.45, 7) is -0.484. The molecule has 0 aromatic heterocycles. The summed E-state index contributed by atoms with van der Waals surface area (Å²) in [4.78, 5) is 38.3. The van der Waals surface area contributed by atoms with Crippen LogP contribution in [0.1, 0.15) is 12.8 Å². The van der Waals surface area contributed by atoms with Crippen molar-refractivity contribution in [2.45, 2.75) is 22.6 Å². The van der Waals surface area contributed by atoms with Gasteiger partial charge in [-0.05, 0) is 60.7 Å². The third-order valence-electron chi connectivity index (χ3n) is 4.79. The number of carbonyl (C=O) groups excluding carboxylic acids is 3. The van der Waals surface area contributed by atoms with Crippen molar-refractivity contribution in [2.75, 3.05) is 31.5 Å². The van der Waals surface area contributed by atoms with Gasteiger partial charge in [-0.25, -0.2) is 0 Å². The lowest BCUT2D eigenvalue weighted by Crippen LogP contribution is -2.22. The lowest BCUT2D eigenvalue weighted by molar-refractivity contribution is -0.147. The number of carbonyl (C=O) groups is 3. The molecule has 36 heavy (non-hydrogen) atoms. The number of methoxy groups -OCH3 is 2. The third kappa shape index (κ3) is 8.51. The number of hydrogen-bond acceptors (Lipinski definition) is 7. The Kier molecular flexibility index (Phi) is 10.0. The van der Waals surface area contributed by atoms with E-state index in [4.69, 9.17) is 25.8 Å². The molecule has 10 heteroatoms. The van der Waals surface area contributed by atoms with Crippen molar-refractivity contribution < 1.29 is 28.6 Å². The molecular formula is C26H25ClN2O6S. The number of nitrogens with one attached hydrogen (secondary N) is 2. The molecular weight excluding hydrogens is 504 g/mol. The summed E-state index contributed by atoms with van der Waals surface area (Å²) in [5, 5.41) is 6.02. The first-order chi connectivity index (χ1) is 17.4. The predicted octanol–water partition coefficient (Wildman–Crippen LogP) is 5.41. The molecule has 0 atom stereocenters. The smallest absolute Gasteiger partial charge is 0.306 e. The molecule has 0 heterocycles. The molecule has 0 spiro atoms. The number of rotatable bonds is 11. The van der Waals surface area contributed by atoms with Crippen LogP contribution in [0.5, 0.6) is 11.5 Å². The van der Waals surface area contributed by atoms with Crippen LogP contribution in [0.2, 0.25) is 5.02 Å². The molecule has 3 aromatic rings. The second-order valence-corrected chi connectivity index (χ2v) is 8.99. The van der Waals surface area contributed by atoms with Gasteiger partial charge in [-0.1, -0.05) is 23.4 Å². The maximum Gasteiger partial charge on any atom is 0.306 e. The van der Waals surface area contributed by atoms with E-state index in [2.05, 4.69) is 10.6 Å². The zero-order valence-corrected chi connectivity index (χ0v) is 21.3. The topological polar surface area (TPSA) is 103 Å². The Morgan fingerprint density at radius 3 is 2.11 bits per heavy atom.